The number of carbonyl (C=O) groups is 1. The van der Waals surface area contributed by atoms with Crippen molar-refractivity contribution in [2.45, 2.75) is 6.54 Å². The van der Waals surface area contributed by atoms with Gasteiger partial charge in [0.25, 0.3) is 0 Å². The van der Waals surface area contributed by atoms with Gasteiger partial charge in [-0.3, -0.25) is 9.78 Å². The van der Waals surface area contributed by atoms with Crippen molar-refractivity contribution >= 4 is 33.5 Å². The SMILES string of the molecule is O=C(/C=C/c1nc2ccccc2s1)NCc1ccncc1. The molecule has 0 saturated heterocycles. The summed E-state index contributed by atoms with van der Waals surface area (Å²) in [5, 5.41) is 3.66. The third kappa shape index (κ3) is 3.52. The monoisotopic (exact) mass is 295 g/mol. The summed E-state index contributed by atoms with van der Waals surface area (Å²) in [4.78, 5) is 20.2. The molecule has 0 saturated carbocycles. The second-order valence-corrected chi connectivity index (χ2v) is 5.49. The topological polar surface area (TPSA) is 54.9 Å². The molecule has 0 fully saturated rings. The van der Waals surface area contributed by atoms with E-state index in [0.717, 1.165) is 20.8 Å². The summed E-state index contributed by atoms with van der Waals surface area (Å²) < 4.78 is 1.12. The number of amides is 1. The maximum Gasteiger partial charge on any atom is 0.244 e. The van der Waals surface area contributed by atoms with Crippen molar-refractivity contribution in [3.8, 4) is 0 Å². The number of hydrogen-bond donors (Lipinski definition) is 1. The first-order valence-electron chi connectivity index (χ1n) is 6.52. The zero-order chi connectivity index (χ0) is 14.5. The van der Waals surface area contributed by atoms with Crippen molar-refractivity contribution in [2.75, 3.05) is 0 Å². The Bertz CT molecular complexity index is 747. The van der Waals surface area contributed by atoms with Gasteiger partial charge in [-0.15, -0.1) is 11.3 Å². The summed E-state index contributed by atoms with van der Waals surface area (Å²) in [5.74, 6) is -0.133. The van der Waals surface area contributed by atoms with Gasteiger partial charge in [0, 0.05) is 25.0 Å². The molecule has 0 aliphatic heterocycles. The molecule has 104 valence electrons. The summed E-state index contributed by atoms with van der Waals surface area (Å²) in [5.41, 5.74) is 1.98. The number of carbonyl (C=O) groups excluding carboxylic acids is 1. The van der Waals surface area contributed by atoms with Crippen molar-refractivity contribution < 1.29 is 4.79 Å². The van der Waals surface area contributed by atoms with E-state index in [9.17, 15) is 4.79 Å². The molecule has 1 N–H and O–H groups in total. The van der Waals surface area contributed by atoms with Crippen LogP contribution in [0.3, 0.4) is 0 Å². The zero-order valence-electron chi connectivity index (χ0n) is 11.2. The van der Waals surface area contributed by atoms with Gasteiger partial charge in [0.2, 0.25) is 5.91 Å². The molecule has 0 spiro atoms. The quantitative estimate of drug-likeness (QED) is 0.753. The molecule has 21 heavy (non-hydrogen) atoms. The Morgan fingerprint density at radius 2 is 2.00 bits per heavy atom. The summed E-state index contributed by atoms with van der Waals surface area (Å²) in [6.07, 6.45) is 6.67. The molecule has 4 nitrogen and oxygen atoms in total. The van der Waals surface area contributed by atoms with Crippen molar-refractivity contribution in [3.63, 3.8) is 0 Å². The number of fused-ring (bicyclic) bond motifs is 1. The first-order valence-corrected chi connectivity index (χ1v) is 7.33. The van der Waals surface area contributed by atoms with Gasteiger partial charge in [0.1, 0.15) is 5.01 Å². The fourth-order valence-corrected chi connectivity index (χ4v) is 2.73. The molecule has 0 aliphatic rings. The highest BCUT2D eigenvalue weighted by molar-refractivity contribution is 7.19. The predicted molar refractivity (Wildman–Crippen MR) is 84.7 cm³/mol. The van der Waals surface area contributed by atoms with Crippen LogP contribution in [0.15, 0.2) is 54.9 Å². The molecule has 1 amide bonds. The van der Waals surface area contributed by atoms with E-state index >= 15 is 0 Å². The van der Waals surface area contributed by atoms with Crippen LogP contribution in [0.25, 0.3) is 16.3 Å². The largest absolute Gasteiger partial charge is 0.348 e. The molecule has 3 rings (SSSR count). The van der Waals surface area contributed by atoms with E-state index in [1.807, 2.05) is 36.4 Å². The minimum atomic E-state index is -0.133. The highest BCUT2D eigenvalue weighted by Crippen LogP contribution is 2.22. The normalized spacial score (nSPS) is 11.0. The lowest BCUT2D eigenvalue weighted by Gasteiger charge is -2.00. The average molecular weight is 295 g/mol. The third-order valence-corrected chi connectivity index (χ3v) is 3.91. The number of thiazole rings is 1. The van der Waals surface area contributed by atoms with Crippen LogP contribution in [0.5, 0.6) is 0 Å². The number of pyridine rings is 1. The minimum Gasteiger partial charge on any atom is -0.348 e. The molecule has 2 heterocycles. The highest BCUT2D eigenvalue weighted by atomic mass is 32.1. The molecule has 0 aliphatic carbocycles. The van der Waals surface area contributed by atoms with E-state index < -0.39 is 0 Å². The molecule has 3 aromatic rings. The maximum absolute atomic E-state index is 11.8. The first-order chi connectivity index (χ1) is 10.3. The molecule has 1 aromatic carbocycles. The molecule has 2 aromatic heterocycles. The van der Waals surface area contributed by atoms with E-state index in [2.05, 4.69) is 15.3 Å². The lowest BCUT2D eigenvalue weighted by molar-refractivity contribution is -0.116. The Morgan fingerprint density at radius 3 is 2.81 bits per heavy atom. The second-order valence-electron chi connectivity index (χ2n) is 4.43. The Morgan fingerprint density at radius 1 is 1.19 bits per heavy atom. The van der Waals surface area contributed by atoms with Gasteiger partial charge < -0.3 is 5.32 Å². The minimum absolute atomic E-state index is 0.133. The first kappa shape index (κ1) is 13.5. The molecule has 0 radical (unpaired) electrons. The van der Waals surface area contributed by atoms with E-state index in [1.54, 1.807) is 29.8 Å². The molecule has 0 bridgehead atoms. The standard InChI is InChI=1S/C16H13N3OS/c20-15(18-11-12-7-9-17-10-8-12)5-6-16-19-13-3-1-2-4-14(13)21-16/h1-10H,11H2,(H,18,20)/b6-5+. The molecule has 0 atom stereocenters. The molecule has 5 heteroatoms. The van der Waals surface area contributed by atoms with Crippen LogP contribution in [0.1, 0.15) is 10.6 Å². The summed E-state index contributed by atoms with van der Waals surface area (Å²) in [6.45, 7) is 0.492. The highest BCUT2D eigenvalue weighted by Gasteiger charge is 2.01. The lowest BCUT2D eigenvalue weighted by Crippen LogP contribution is -2.20. The Kier molecular flexibility index (Phi) is 4.02. The number of nitrogens with one attached hydrogen (secondary N) is 1. The van der Waals surface area contributed by atoms with Crippen molar-refractivity contribution in [1.29, 1.82) is 0 Å². The third-order valence-electron chi connectivity index (χ3n) is 2.90. The van der Waals surface area contributed by atoms with Crippen molar-refractivity contribution in [3.05, 3.63) is 65.4 Å². The van der Waals surface area contributed by atoms with E-state index in [-0.39, 0.29) is 5.91 Å². The number of rotatable bonds is 4. The molecule has 0 unspecified atom stereocenters. The van der Waals surface area contributed by atoms with E-state index in [0.29, 0.717) is 6.54 Å². The van der Waals surface area contributed by atoms with Crippen molar-refractivity contribution in [2.24, 2.45) is 0 Å². The van der Waals surface area contributed by atoms with E-state index in [4.69, 9.17) is 0 Å². The van der Waals surface area contributed by atoms with Crippen LogP contribution >= 0.6 is 11.3 Å². The summed E-state index contributed by atoms with van der Waals surface area (Å²) in [6, 6.07) is 11.7. The van der Waals surface area contributed by atoms with Crippen LogP contribution in [0.2, 0.25) is 0 Å². The number of hydrogen-bond acceptors (Lipinski definition) is 4. The van der Waals surface area contributed by atoms with Gasteiger partial charge in [-0.2, -0.15) is 0 Å². The fourth-order valence-electron chi connectivity index (χ4n) is 1.86. The Hall–Kier alpha value is -2.53. The van der Waals surface area contributed by atoms with Gasteiger partial charge in [-0.05, 0) is 35.9 Å². The van der Waals surface area contributed by atoms with Crippen LogP contribution in [-0.4, -0.2) is 15.9 Å². The van der Waals surface area contributed by atoms with Crippen molar-refractivity contribution in [1.82, 2.24) is 15.3 Å². The van der Waals surface area contributed by atoms with Crippen LogP contribution in [-0.2, 0) is 11.3 Å². The van der Waals surface area contributed by atoms with Gasteiger partial charge in [0.05, 0.1) is 10.2 Å². The molecular weight excluding hydrogens is 282 g/mol. The summed E-state index contributed by atoms with van der Waals surface area (Å²) in [7, 11) is 0. The lowest BCUT2D eigenvalue weighted by atomic mass is 10.3. The smallest absolute Gasteiger partial charge is 0.244 e. The Labute approximate surface area is 126 Å². The number of aromatic nitrogens is 2. The van der Waals surface area contributed by atoms with Gasteiger partial charge in [-0.25, -0.2) is 4.98 Å². The number of nitrogens with zero attached hydrogens (tertiary/aromatic N) is 2. The zero-order valence-corrected chi connectivity index (χ0v) is 12.0. The summed E-state index contributed by atoms with van der Waals surface area (Å²) >= 11 is 1.57. The van der Waals surface area contributed by atoms with Crippen LogP contribution < -0.4 is 5.32 Å². The van der Waals surface area contributed by atoms with Crippen LogP contribution in [0, 0.1) is 0 Å². The van der Waals surface area contributed by atoms with Gasteiger partial charge >= 0.3 is 0 Å². The van der Waals surface area contributed by atoms with E-state index in [1.165, 1.54) is 6.08 Å². The second kappa shape index (κ2) is 6.28. The predicted octanol–water partition coefficient (Wildman–Crippen LogP) is 3.02. The number of benzene rings is 1. The maximum atomic E-state index is 11.8. The van der Waals surface area contributed by atoms with Gasteiger partial charge in [0.15, 0.2) is 0 Å². The fraction of sp³-hybridized carbons (Fsp3) is 0.0625. The van der Waals surface area contributed by atoms with Gasteiger partial charge in [-0.1, -0.05) is 12.1 Å². The Balaban J connectivity index is 1.61. The van der Waals surface area contributed by atoms with Crippen LogP contribution in [0.4, 0.5) is 0 Å². The number of para-hydroxylation sites is 1. The molecular formula is C16H13N3OS. The average Bonchev–Trinajstić information content (AvgIpc) is 2.95.